The van der Waals surface area contributed by atoms with Crippen molar-refractivity contribution in [3.8, 4) is 0 Å². The summed E-state index contributed by atoms with van der Waals surface area (Å²) in [6.07, 6.45) is -0.00136. The Kier molecular flexibility index (Phi) is 1.92. The number of amides is 1. The highest BCUT2D eigenvalue weighted by molar-refractivity contribution is 5.85. The van der Waals surface area contributed by atoms with E-state index in [9.17, 15) is 9.18 Å². The number of rotatable bonds is 2. The summed E-state index contributed by atoms with van der Waals surface area (Å²) in [5.41, 5.74) is 5.77. The molecule has 72 valence electrons. The van der Waals surface area contributed by atoms with E-state index < -0.39 is 11.7 Å². The fourth-order valence-electron chi connectivity index (χ4n) is 1.26. The molecular formula is C9H7FN2O2. The molecule has 0 aliphatic carbocycles. The van der Waals surface area contributed by atoms with E-state index in [-0.39, 0.29) is 6.42 Å². The van der Waals surface area contributed by atoms with Crippen LogP contribution in [-0.2, 0) is 11.2 Å². The van der Waals surface area contributed by atoms with Gasteiger partial charge in [0.2, 0.25) is 5.91 Å². The zero-order valence-electron chi connectivity index (χ0n) is 7.16. The van der Waals surface area contributed by atoms with E-state index in [4.69, 9.17) is 10.3 Å². The van der Waals surface area contributed by atoms with E-state index in [1.165, 1.54) is 18.2 Å². The van der Waals surface area contributed by atoms with E-state index in [0.717, 1.165) is 0 Å². The second kappa shape index (κ2) is 3.10. The highest BCUT2D eigenvalue weighted by Crippen LogP contribution is 2.19. The minimum absolute atomic E-state index is 0.00136. The molecule has 2 rings (SSSR count). The maximum absolute atomic E-state index is 12.7. The largest absolute Gasteiger partial charge is 0.369 e. The van der Waals surface area contributed by atoms with Gasteiger partial charge in [-0.3, -0.25) is 4.79 Å². The number of carbonyl (C=O) groups excluding carboxylic acids is 1. The number of hydrogen-bond donors (Lipinski definition) is 1. The van der Waals surface area contributed by atoms with E-state index in [2.05, 4.69) is 5.16 Å². The zero-order chi connectivity index (χ0) is 10.1. The Morgan fingerprint density at radius 3 is 3.07 bits per heavy atom. The van der Waals surface area contributed by atoms with Gasteiger partial charge >= 0.3 is 0 Å². The summed E-state index contributed by atoms with van der Waals surface area (Å²) < 4.78 is 17.6. The molecule has 0 radical (unpaired) electrons. The Morgan fingerprint density at radius 1 is 1.57 bits per heavy atom. The molecule has 0 fully saturated rings. The van der Waals surface area contributed by atoms with E-state index in [0.29, 0.717) is 16.7 Å². The number of benzene rings is 1. The molecule has 5 heteroatoms. The first-order valence-corrected chi connectivity index (χ1v) is 3.99. The number of aromatic nitrogens is 1. The summed E-state index contributed by atoms with van der Waals surface area (Å²) in [6, 6.07) is 4.01. The quantitative estimate of drug-likeness (QED) is 0.775. The lowest BCUT2D eigenvalue weighted by Gasteiger charge is -1.90. The molecule has 0 bridgehead atoms. The molecule has 4 nitrogen and oxygen atoms in total. The normalized spacial score (nSPS) is 10.6. The summed E-state index contributed by atoms with van der Waals surface area (Å²) in [6.45, 7) is 0. The van der Waals surface area contributed by atoms with Crippen molar-refractivity contribution in [3.63, 3.8) is 0 Å². The number of fused-ring (bicyclic) bond motifs is 1. The van der Waals surface area contributed by atoms with Gasteiger partial charge in [0.1, 0.15) is 11.5 Å². The smallest absolute Gasteiger partial charge is 0.223 e. The van der Waals surface area contributed by atoms with Crippen LogP contribution in [0.25, 0.3) is 11.0 Å². The van der Waals surface area contributed by atoms with Crippen molar-refractivity contribution >= 4 is 16.9 Å². The molecule has 1 aromatic heterocycles. The zero-order valence-corrected chi connectivity index (χ0v) is 7.16. The second-order valence-electron chi connectivity index (χ2n) is 2.91. The van der Waals surface area contributed by atoms with Crippen LogP contribution in [0.4, 0.5) is 4.39 Å². The van der Waals surface area contributed by atoms with Crippen molar-refractivity contribution in [2.45, 2.75) is 6.42 Å². The SMILES string of the molecule is NC(=O)Cc1noc2cc(F)ccc12. The van der Waals surface area contributed by atoms with Crippen LogP contribution in [0.3, 0.4) is 0 Å². The van der Waals surface area contributed by atoms with E-state index in [1.807, 2.05) is 0 Å². The van der Waals surface area contributed by atoms with Crippen LogP contribution in [0.5, 0.6) is 0 Å². The number of carbonyl (C=O) groups is 1. The van der Waals surface area contributed by atoms with E-state index >= 15 is 0 Å². The lowest BCUT2D eigenvalue weighted by Crippen LogP contribution is -2.13. The average Bonchev–Trinajstić information content (AvgIpc) is 2.47. The van der Waals surface area contributed by atoms with Crippen LogP contribution in [0.15, 0.2) is 22.7 Å². The monoisotopic (exact) mass is 194 g/mol. The van der Waals surface area contributed by atoms with Gasteiger partial charge in [-0.15, -0.1) is 0 Å². The summed E-state index contributed by atoms with van der Waals surface area (Å²) in [5.74, 6) is -0.899. The lowest BCUT2D eigenvalue weighted by atomic mass is 10.1. The Bertz CT molecular complexity index is 493. The van der Waals surface area contributed by atoms with Gasteiger partial charge in [0.25, 0.3) is 0 Å². The van der Waals surface area contributed by atoms with Gasteiger partial charge in [0, 0.05) is 11.5 Å². The second-order valence-corrected chi connectivity index (χ2v) is 2.91. The third-order valence-corrected chi connectivity index (χ3v) is 1.85. The number of nitrogens with zero attached hydrogens (tertiary/aromatic N) is 1. The molecular weight excluding hydrogens is 187 g/mol. The number of halogens is 1. The van der Waals surface area contributed by atoms with Gasteiger partial charge < -0.3 is 10.3 Å². The first-order valence-electron chi connectivity index (χ1n) is 3.99. The van der Waals surface area contributed by atoms with Crippen LogP contribution in [0.2, 0.25) is 0 Å². The van der Waals surface area contributed by atoms with E-state index in [1.54, 1.807) is 0 Å². The number of hydrogen-bond acceptors (Lipinski definition) is 3. The first-order chi connectivity index (χ1) is 6.66. The fourth-order valence-corrected chi connectivity index (χ4v) is 1.26. The van der Waals surface area contributed by atoms with Crippen molar-refractivity contribution in [2.24, 2.45) is 5.73 Å². The van der Waals surface area contributed by atoms with Gasteiger partial charge in [-0.25, -0.2) is 4.39 Å². The van der Waals surface area contributed by atoms with Crippen molar-refractivity contribution in [2.75, 3.05) is 0 Å². The van der Waals surface area contributed by atoms with Crippen molar-refractivity contribution in [3.05, 3.63) is 29.7 Å². The van der Waals surface area contributed by atoms with Crippen LogP contribution in [0, 0.1) is 5.82 Å². The fraction of sp³-hybridized carbons (Fsp3) is 0.111. The topological polar surface area (TPSA) is 69.1 Å². The lowest BCUT2D eigenvalue weighted by molar-refractivity contribution is -0.117. The minimum Gasteiger partial charge on any atom is -0.369 e. The Hall–Kier alpha value is -1.91. The van der Waals surface area contributed by atoms with Crippen LogP contribution in [0.1, 0.15) is 5.69 Å². The highest BCUT2D eigenvalue weighted by atomic mass is 19.1. The Labute approximate surface area is 78.5 Å². The Morgan fingerprint density at radius 2 is 2.36 bits per heavy atom. The molecule has 1 aromatic carbocycles. The highest BCUT2D eigenvalue weighted by Gasteiger charge is 2.10. The molecule has 14 heavy (non-hydrogen) atoms. The Balaban J connectivity index is 2.52. The van der Waals surface area contributed by atoms with Crippen LogP contribution in [-0.4, -0.2) is 11.1 Å². The molecule has 1 heterocycles. The standard InChI is InChI=1S/C9H7FN2O2/c10-5-1-2-6-7(4-9(11)13)12-14-8(6)3-5/h1-3H,4H2,(H2,11,13). The summed E-state index contributed by atoms with van der Waals surface area (Å²) >= 11 is 0. The summed E-state index contributed by atoms with van der Waals surface area (Å²) in [5, 5.41) is 4.25. The molecule has 0 atom stereocenters. The molecule has 0 spiro atoms. The maximum atomic E-state index is 12.7. The van der Waals surface area contributed by atoms with Gasteiger partial charge in [0.15, 0.2) is 5.58 Å². The molecule has 0 unspecified atom stereocenters. The van der Waals surface area contributed by atoms with Crippen molar-refractivity contribution < 1.29 is 13.7 Å². The van der Waals surface area contributed by atoms with Gasteiger partial charge in [-0.1, -0.05) is 5.16 Å². The summed E-state index contributed by atoms with van der Waals surface area (Å²) in [4.78, 5) is 10.6. The summed E-state index contributed by atoms with van der Waals surface area (Å²) in [7, 11) is 0. The number of primary amides is 1. The third-order valence-electron chi connectivity index (χ3n) is 1.85. The molecule has 2 aromatic rings. The van der Waals surface area contributed by atoms with Crippen LogP contribution < -0.4 is 5.73 Å². The maximum Gasteiger partial charge on any atom is 0.223 e. The third kappa shape index (κ3) is 1.44. The predicted molar refractivity (Wildman–Crippen MR) is 46.9 cm³/mol. The number of nitrogens with two attached hydrogens (primary N) is 1. The average molecular weight is 194 g/mol. The van der Waals surface area contributed by atoms with Gasteiger partial charge in [0.05, 0.1) is 6.42 Å². The molecule has 0 saturated carbocycles. The molecule has 1 amide bonds. The predicted octanol–water partition coefficient (Wildman–Crippen LogP) is 0.995. The molecule has 0 saturated heterocycles. The van der Waals surface area contributed by atoms with Gasteiger partial charge in [-0.2, -0.15) is 0 Å². The first kappa shape index (κ1) is 8.68. The molecule has 0 aliphatic rings. The van der Waals surface area contributed by atoms with Gasteiger partial charge in [-0.05, 0) is 12.1 Å². The van der Waals surface area contributed by atoms with Crippen LogP contribution >= 0.6 is 0 Å². The van der Waals surface area contributed by atoms with Crippen molar-refractivity contribution in [1.29, 1.82) is 0 Å². The minimum atomic E-state index is -0.496. The molecule has 0 aliphatic heterocycles. The molecule has 2 N–H and O–H groups in total. The van der Waals surface area contributed by atoms with Crippen molar-refractivity contribution in [1.82, 2.24) is 5.16 Å².